The van der Waals surface area contributed by atoms with Crippen LogP contribution in [-0.2, 0) is 0 Å². The number of aromatic nitrogens is 3. The quantitative estimate of drug-likeness (QED) is 0.652. The summed E-state index contributed by atoms with van der Waals surface area (Å²) in [5, 5.41) is 4.89. The third-order valence-corrected chi connectivity index (χ3v) is 5.68. The molecule has 126 valence electrons. The molecule has 3 aromatic rings. The Bertz CT molecular complexity index is 764. The minimum absolute atomic E-state index is 0.492. The zero-order valence-electron chi connectivity index (χ0n) is 13.6. The van der Waals surface area contributed by atoms with Gasteiger partial charge in [0.15, 0.2) is 10.3 Å². The number of hydrogen-bond donors (Lipinski definition) is 1. The van der Waals surface area contributed by atoms with E-state index in [1.165, 1.54) is 19.3 Å². The lowest BCUT2D eigenvalue weighted by Crippen LogP contribution is -2.28. The lowest BCUT2D eigenvalue weighted by atomic mass is 9.93. The van der Waals surface area contributed by atoms with E-state index in [-0.39, 0.29) is 0 Å². The Morgan fingerprint density at radius 2 is 1.24 bits per heavy atom. The van der Waals surface area contributed by atoms with Crippen molar-refractivity contribution in [1.82, 2.24) is 15.0 Å². The number of anilines is 1. The SMILES string of the molecule is c1ccc(Sc2nc(NC3CCC3)nc(Sc3ccccc3)n2)cc1. The molecule has 0 aliphatic heterocycles. The Kier molecular flexibility index (Phi) is 5.18. The number of nitrogens with zero attached hydrogens (tertiary/aromatic N) is 3. The summed E-state index contributed by atoms with van der Waals surface area (Å²) in [6, 6.07) is 20.9. The molecule has 4 nitrogen and oxygen atoms in total. The van der Waals surface area contributed by atoms with Crippen LogP contribution in [0.5, 0.6) is 0 Å². The van der Waals surface area contributed by atoms with E-state index >= 15 is 0 Å². The van der Waals surface area contributed by atoms with Crippen LogP contribution in [0.4, 0.5) is 5.95 Å². The molecule has 0 saturated heterocycles. The first-order valence-electron chi connectivity index (χ1n) is 8.33. The predicted molar refractivity (Wildman–Crippen MR) is 102 cm³/mol. The highest BCUT2D eigenvalue weighted by molar-refractivity contribution is 7.99. The van der Waals surface area contributed by atoms with Crippen LogP contribution in [0.1, 0.15) is 19.3 Å². The highest BCUT2D eigenvalue weighted by Gasteiger charge is 2.19. The Morgan fingerprint density at radius 1 is 0.720 bits per heavy atom. The van der Waals surface area contributed by atoms with Gasteiger partial charge in [-0.1, -0.05) is 36.4 Å². The van der Waals surface area contributed by atoms with Crippen molar-refractivity contribution in [2.75, 3.05) is 5.32 Å². The smallest absolute Gasteiger partial charge is 0.227 e. The number of hydrogen-bond acceptors (Lipinski definition) is 6. The molecule has 0 unspecified atom stereocenters. The van der Waals surface area contributed by atoms with E-state index in [1.807, 2.05) is 36.4 Å². The van der Waals surface area contributed by atoms with Gasteiger partial charge in [0.25, 0.3) is 0 Å². The van der Waals surface area contributed by atoms with Gasteiger partial charge in [-0.25, -0.2) is 0 Å². The largest absolute Gasteiger partial charge is 0.351 e. The van der Waals surface area contributed by atoms with Crippen molar-refractivity contribution in [3.63, 3.8) is 0 Å². The minimum atomic E-state index is 0.492. The molecule has 1 heterocycles. The monoisotopic (exact) mass is 366 g/mol. The van der Waals surface area contributed by atoms with E-state index in [2.05, 4.69) is 44.5 Å². The van der Waals surface area contributed by atoms with Gasteiger partial charge in [-0.15, -0.1) is 0 Å². The average molecular weight is 367 g/mol. The van der Waals surface area contributed by atoms with Gasteiger partial charge in [-0.3, -0.25) is 0 Å². The van der Waals surface area contributed by atoms with Gasteiger partial charge in [-0.05, 0) is 67.1 Å². The lowest BCUT2D eigenvalue weighted by Gasteiger charge is -2.26. The van der Waals surface area contributed by atoms with Crippen LogP contribution in [0.25, 0.3) is 0 Å². The second kappa shape index (κ2) is 7.89. The molecule has 2 aromatic carbocycles. The molecule has 1 aliphatic rings. The zero-order chi connectivity index (χ0) is 16.9. The van der Waals surface area contributed by atoms with E-state index in [0.717, 1.165) is 20.1 Å². The van der Waals surface area contributed by atoms with E-state index in [1.54, 1.807) is 23.5 Å². The topological polar surface area (TPSA) is 50.7 Å². The van der Waals surface area contributed by atoms with Crippen molar-refractivity contribution in [3.8, 4) is 0 Å². The van der Waals surface area contributed by atoms with Gasteiger partial charge < -0.3 is 5.32 Å². The molecule has 6 heteroatoms. The van der Waals surface area contributed by atoms with Crippen LogP contribution in [0.15, 0.2) is 80.8 Å². The van der Waals surface area contributed by atoms with Crippen LogP contribution in [0.3, 0.4) is 0 Å². The second-order valence-corrected chi connectivity index (χ2v) is 7.91. The maximum atomic E-state index is 4.64. The third kappa shape index (κ3) is 4.52. The van der Waals surface area contributed by atoms with Gasteiger partial charge in [0.2, 0.25) is 5.95 Å². The molecular formula is C19H18N4S2. The number of rotatable bonds is 6. The van der Waals surface area contributed by atoms with Crippen LogP contribution < -0.4 is 5.32 Å². The molecule has 0 atom stereocenters. The van der Waals surface area contributed by atoms with Gasteiger partial charge in [-0.2, -0.15) is 15.0 Å². The summed E-state index contributed by atoms with van der Waals surface area (Å²) in [6.07, 6.45) is 3.65. The van der Waals surface area contributed by atoms with Crippen LogP contribution in [0.2, 0.25) is 0 Å². The first-order valence-corrected chi connectivity index (χ1v) is 9.97. The minimum Gasteiger partial charge on any atom is -0.351 e. The van der Waals surface area contributed by atoms with E-state index in [4.69, 9.17) is 0 Å². The van der Waals surface area contributed by atoms with E-state index < -0.39 is 0 Å². The molecule has 25 heavy (non-hydrogen) atoms. The number of nitrogens with one attached hydrogen (secondary N) is 1. The molecule has 0 amide bonds. The van der Waals surface area contributed by atoms with Crippen molar-refractivity contribution in [2.24, 2.45) is 0 Å². The summed E-state index contributed by atoms with van der Waals surface area (Å²) in [5.74, 6) is 0.677. The third-order valence-electron chi connectivity index (χ3n) is 3.94. The Hall–Kier alpha value is -2.05. The summed E-state index contributed by atoms with van der Waals surface area (Å²) in [4.78, 5) is 16.1. The highest BCUT2D eigenvalue weighted by Crippen LogP contribution is 2.30. The molecule has 0 spiro atoms. The fourth-order valence-corrected chi connectivity index (χ4v) is 4.01. The summed E-state index contributed by atoms with van der Waals surface area (Å²) < 4.78 is 0. The van der Waals surface area contributed by atoms with Crippen molar-refractivity contribution in [2.45, 2.75) is 45.4 Å². The van der Waals surface area contributed by atoms with Gasteiger partial charge in [0, 0.05) is 15.8 Å². The fourth-order valence-electron chi connectivity index (χ4n) is 2.42. The van der Waals surface area contributed by atoms with Crippen molar-refractivity contribution in [1.29, 1.82) is 0 Å². The predicted octanol–water partition coefficient (Wildman–Crippen LogP) is 5.14. The second-order valence-electron chi connectivity index (χ2n) is 5.83. The summed E-state index contributed by atoms with van der Waals surface area (Å²) in [7, 11) is 0. The molecule has 1 aliphatic carbocycles. The first kappa shape index (κ1) is 16.4. The van der Waals surface area contributed by atoms with Crippen LogP contribution >= 0.6 is 23.5 Å². The number of benzene rings is 2. The molecular weight excluding hydrogens is 348 g/mol. The molecule has 0 bridgehead atoms. The standard InChI is InChI=1S/C19H18N4S2/c1-3-10-15(11-4-1)24-18-21-17(20-14-8-7-9-14)22-19(23-18)25-16-12-5-2-6-13-16/h1-6,10-14H,7-9H2,(H,20,21,22,23). The summed E-state index contributed by atoms with van der Waals surface area (Å²) in [6.45, 7) is 0. The summed E-state index contributed by atoms with van der Waals surface area (Å²) >= 11 is 3.13. The van der Waals surface area contributed by atoms with Crippen LogP contribution in [0, 0.1) is 0 Å². The fraction of sp³-hybridized carbons (Fsp3) is 0.211. The maximum absolute atomic E-state index is 4.64. The summed E-state index contributed by atoms with van der Waals surface area (Å²) in [5.41, 5.74) is 0. The molecule has 1 aromatic heterocycles. The Morgan fingerprint density at radius 3 is 1.68 bits per heavy atom. The zero-order valence-corrected chi connectivity index (χ0v) is 15.3. The van der Waals surface area contributed by atoms with Crippen LogP contribution in [-0.4, -0.2) is 21.0 Å². The first-order chi connectivity index (χ1) is 12.3. The lowest BCUT2D eigenvalue weighted by molar-refractivity contribution is 0.442. The highest BCUT2D eigenvalue weighted by atomic mass is 32.2. The average Bonchev–Trinajstić information content (AvgIpc) is 2.60. The molecule has 0 radical (unpaired) electrons. The van der Waals surface area contributed by atoms with Crippen molar-refractivity contribution in [3.05, 3.63) is 60.7 Å². The van der Waals surface area contributed by atoms with Gasteiger partial charge >= 0.3 is 0 Å². The maximum Gasteiger partial charge on any atom is 0.227 e. The molecule has 1 saturated carbocycles. The van der Waals surface area contributed by atoms with Crippen molar-refractivity contribution < 1.29 is 0 Å². The van der Waals surface area contributed by atoms with E-state index in [9.17, 15) is 0 Å². The molecule has 1 N–H and O–H groups in total. The Balaban J connectivity index is 1.59. The van der Waals surface area contributed by atoms with Crippen molar-refractivity contribution >= 4 is 29.5 Å². The molecule has 1 fully saturated rings. The Labute approximate surface area is 155 Å². The molecule has 4 rings (SSSR count). The van der Waals surface area contributed by atoms with Gasteiger partial charge in [0.05, 0.1) is 0 Å². The van der Waals surface area contributed by atoms with Gasteiger partial charge in [0.1, 0.15) is 0 Å². The normalized spacial score (nSPS) is 14.1. The van der Waals surface area contributed by atoms with E-state index in [0.29, 0.717) is 12.0 Å².